The molecule has 74 heavy (non-hydrogen) atoms. The van der Waals surface area contributed by atoms with Crippen molar-refractivity contribution in [2.24, 2.45) is 0 Å². The van der Waals surface area contributed by atoms with E-state index in [2.05, 4.69) is 86.8 Å². The van der Waals surface area contributed by atoms with Crippen molar-refractivity contribution >= 4 is 11.9 Å². The van der Waals surface area contributed by atoms with E-state index in [9.17, 15) is 14.7 Å². The van der Waals surface area contributed by atoms with Gasteiger partial charge in [0, 0.05) is 12.8 Å². The average molecular weight is 1030 g/mol. The van der Waals surface area contributed by atoms with Crippen LogP contribution in [0.25, 0.3) is 0 Å². The van der Waals surface area contributed by atoms with Crippen molar-refractivity contribution in [2.75, 3.05) is 13.2 Å². The Morgan fingerprint density at radius 3 is 0.838 bits per heavy atom. The van der Waals surface area contributed by atoms with Crippen LogP contribution in [0.2, 0.25) is 0 Å². The van der Waals surface area contributed by atoms with E-state index in [0.29, 0.717) is 12.8 Å². The number of allylic oxidation sites excluding steroid dienone is 12. The standard InChI is InChI=1S/C69H124O5/c1-3-5-7-9-11-13-15-17-19-21-23-24-25-26-27-28-29-30-31-32-33-34-35-36-37-38-39-40-41-42-43-44-46-48-50-52-54-56-58-60-62-64-69(72)74-67(65-70)66-73-68(71)63-61-59-57-55-53-51-49-47-45-22-20-18-16-14-12-10-8-6-4-2/h12,14-15,17-18,20-21,23,25-26,45,47,67,70H,3-11,13,16,19,22,24,27-44,46,48-66H2,1-2H3/b14-12-,17-15-,20-18-,23-21-,26-25-,47-45-. The molecule has 0 aliphatic heterocycles. The van der Waals surface area contributed by atoms with E-state index in [1.54, 1.807) is 0 Å². The van der Waals surface area contributed by atoms with E-state index < -0.39 is 6.10 Å². The molecular weight excluding hydrogens is 909 g/mol. The lowest BCUT2D eigenvalue weighted by Gasteiger charge is -2.15. The zero-order valence-electron chi connectivity index (χ0n) is 49.4. The molecule has 0 bridgehead atoms. The minimum Gasteiger partial charge on any atom is -0.462 e. The molecule has 5 heteroatoms. The van der Waals surface area contributed by atoms with Gasteiger partial charge in [-0.3, -0.25) is 9.59 Å². The van der Waals surface area contributed by atoms with Crippen LogP contribution in [0.4, 0.5) is 0 Å². The Bertz CT molecular complexity index is 1310. The van der Waals surface area contributed by atoms with Gasteiger partial charge in [-0.25, -0.2) is 0 Å². The summed E-state index contributed by atoms with van der Waals surface area (Å²) in [5.41, 5.74) is 0. The molecule has 5 nitrogen and oxygen atoms in total. The summed E-state index contributed by atoms with van der Waals surface area (Å²) >= 11 is 0. The monoisotopic (exact) mass is 1030 g/mol. The van der Waals surface area contributed by atoms with Gasteiger partial charge in [-0.1, -0.05) is 305 Å². The highest BCUT2D eigenvalue weighted by atomic mass is 16.6. The third-order valence-electron chi connectivity index (χ3n) is 14.5. The molecule has 0 aromatic carbocycles. The number of aliphatic hydroxyl groups is 1. The van der Waals surface area contributed by atoms with Crippen LogP contribution < -0.4 is 0 Å². The molecule has 0 amide bonds. The summed E-state index contributed by atoms with van der Waals surface area (Å²) in [6.45, 7) is 4.12. The Kier molecular flexibility index (Phi) is 62.3. The lowest BCUT2D eigenvalue weighted by molar-refractivity contribution is -0.161. The molecule has 1 N–H and O–H groups in total. The number of aliphatic hydroxyl groups excluding tert-OH is 1. The number of rotatable bonds is 60. The maximum absolute atomic E-state index is 12.3. The van der Waals surface area contributed by atoms with Crippen LogP contribution >= 0.6 is 0 Å². The molecule has 1 unspecified atom stereocenters. The average Bonchev–Trinajstić information content (AvgIpc) is 3.40. The molecular formula is C69H124O5. The predicted octanol–water partition coefficient (Wildman–Crippen LogP) is 22.3. The Morgan fingerprint density at radius 1 is 0.311 bits per heavy atom. The number of hydrogen-bond donors (Lipinski definition) is 1. The smallest absolute Gasteiger partial charge is 0.306 e. The van der Waals surface area contributed by atoms with Crippen molar-refractivity contribution in [2.45, 2.75) is 341 Å². The zero-order chi connectivity index (χ0) is 53.4. The minimum atomic E-state index is -0.779. The largest absolute Gasteiger partial charge is 0.462 e. The molecule has 0 aromatic rings. The van der Waals surface area contributed by atoms with Gasteiger partial charge in [0.05, 0.1) is 6.61 Å². The van der Waals surface area contributed by atoms with E-state index in [4.69, 9.17) is 9.47 Å². The maximum Gasteiger partial charge on any atom is 0.306 e. The summed E-state index contributed by atoms with van der Waals surface area (Å²) < 4.78 is 10.7. The molecule has 0 saturated heterocycles. The van der Waals surface area contributed by atoms with E-state index in [1.807, 2.05) is 0 Å². The number of carbonyl (C=O) groups is 2. The van der Waals surface area contributed by atoms with E-state index in [0.717, 1.165) is 70.6 Å². The minimum absolute atomic E-state index is 0.0714. The van der Waals surface area contributed by atoms with E-state index in [-0.39, 0.29) is 25.2 Å². The van der Waals surface area contributed by atoms with Crippen LogP contribution in [0, 0.1) is 0 Å². The molecule has 0 aliphatic rings. The van der Waals surface area contributed by atoms with Gasteiger partial charge >= 0.3 is 11.9 Å². The fraction of sp³-hybridized carbons (Fsp3) is 0.797. The van der Waals surface area contributed by atoms with Crippen molar-refractivity contribution in [1.82, 2.24) is 0 Å². The van der Waals surface area contributed by atoms with Crippen molar-refractivity contribution in [1.29, 1.82) is 0 Å². The zero-order valence-corrected chi connectivity index (χ0v) is 49.4. The first kappa shape index (κ1) is 71.3. The summed E-state index contributed by atoms with van der Waals surface area (Å²) in [6.07, 6.45) is 89.2. The molecule has 1 atom stereocenters. The van der Waals surface area contributed by atoms with Gasteiger partial charge in [-0.2, -0.15) is 0 Å². The molecule has 0 rings (SSSR count). The summed E-state index contributed by atoms with van der Waals surface area (Å²) in [5, 5.41) is 9.66. The van der Waals surface area contributed by atoms with Gasteiger partial charge in [0.1, 0.15) is 6.61 Å². The fourth-order valence-corrected chi connectivity index (χ4v) is 9.57. The molecule has 0 aromatic heterocycles. The highest BCUT2D eigenvalue weighted by Crippen LogP contribution is 2.18. The predicted molar refractivity (Wildman–Crippen MR) is 325 cm³/mol. The second-order valence-electron chi connectivity index (χ2n) is 21.8. The Hall–Kier alpha value is -2.66. The highest BCUT2D eigenvalue weighted by Gasteiger charge is 2.16. The van der Waals surface area contributed by atoms with E-state index in [1.165, 1.54) is 238 Å². The topological polar surface area (TPSA) is 72.8 Å². The van der Waals surface area contributed by atoms with Gasteiger partial charge in [-0.15, -0.1) is 0 Å². The number of carbonyl (C=O) groups excluding carboxylic acids is 2. The summed E-state index contributed by atoms with van der Waals surface area (Å²) in [5.74, 6) is -0.593. The van der Waals surface area contributed by atoms with Crippen LogP contribution in [-0.4, -0.2) is 36.4 Å². The Labute approximate surface area is 461 Å². The van der Waals surface area contributed by atoms with Crippen molar-refractivity contribution in [3.63, 3.8) is 0 Å². The number of unbranched alkanes of at least 4 members (excludes halogenated alkanes) is 40. The van der Waals surface area contributed by atoms with E-state index >= 15 is 0 Å². The second kappa shape index (κ2) is 64.6. The summed E-state index contributed by atoms with van der Waals surface area (Å²) in [6, 6.07) is 0. The van der Waals surface area contributed by atoms with Gasteiger partial charge in [-0.05, 0) is 89.9 Å². The molecule has 0 heterocycles. The lowest BCUT2D eigenvalue weighted by atomic mass is 10.0. The van der Waals surface area contributed by atoms with Crippen LogP contribution in [0.3, 0.4) is 0 Å². The molecule has 0 aliphatic carbocycles. The van der Waals surface area contributed by atoms with Crippen molar-refractivity contribution < 1.29 is 24.2 Å². The van der Waals surface area contributed by atoms with Crippen LogP contribution in [0.5, 0.6) is 0 Å². The molecule has 430 valence electrons. The van der Waals surface area contributed by atoms with Gasteiger partial charge < -0.3 is 14.6 Å². The SMILES string of the molecule is CCCCC/C=C\C/C=C\C/C=C\CCCCCCCCC(=O)OCC(CO)OC(=O)CCCCCCCCCCCCCCCCCCCCCCCCCCCC/C=C\C/C=C\C/C=C\CCCCCCC. The highest BCUT2D eigenvalue weighted by molar-refractivity contribution is 5.70. The lowest BCUT2D eigenvalue weighted by Crippen LogP contribution is -2.28. The van der Waals surface area contributed by atoms with Crippen LogP contribution in [0.1, 0.15) is 335 Å². The first-order chi connectivity index (χ1) is 36.6. The second-order valence-corrected chi connectivity index (χ2v) is 21.8. The Morgan fingerprint density at radius 2 is 0.541 bits per heavy atom. The summed E-state index contributed by atoms with van der Waals surface area (Å²) in [4.78, 5) is 24.5. The molecule has 0 spiro atoms. The summed E-state index contributed by atoms with van der Waals surface area (Å²) in [7, 11) is 0. The first-order valence-electron chi connectivity index (χ1n) is 32.5. The van der Waals surface area contributed by atoms with Crippen molar-refractivity contribution in [3.05, 3.63) is 72.9 Å². The third kappa shape index (κ3) is 61.9. The molecule has 0 saturated carbocycles. The Balaban J connectivity index is 3.40. The third-order valence-corrected chi connectivity index (χ3v) is 14.5. The molecule has 0 fully saturated rings. The molecule has 0 radical (unpaired) electrons. The van der Waals surface area contributed by atoms with Crippen LogP contribution in [0.15, 0.2) is 72.9 Å². The number of esters is 2. The number of hydrogen-bond acceptors (Lipinski definition) is 5. The normalized spacial score (nSPS) is 12.6. The van der Waals surface area contributed by atoms with Crippen molar-refractivity contribution in [3.8, 4) is 0 Å². The van der Waals surface area contributed by atoms with Gasteiger partial charge in [0.15, 0.2) is 6.10 Å². The fourth-order valence-electron chi connectivity index (χ4n) is 9.57. The maximum atomic E-state index is 12.3. The van der Waals surface area contributed by atoms with Gasteiger partial charge in [0.2, 0.25) is 0 Å². The van der Waals surface area contributed by atoms with Crippen LogP contribution in [-0.2, 0) is 19.1 Å². The van der Waals surface area contributed by atoms with Gasteiger partial charge in [0.25, 0.3) is 0 Å². The quantitative estimate of drug-likeness (QED) is 0.0373. The first-order valence-corrected chi connectivity index (χ1v) is 32.5. The number of ether oxygens (including phenoxy) is 2.